The molecule has 0 bridgehead atoms. The van der Waals surface area contributed by atoms with Gasteiger partial charge in [-0.2, -0.15) is 0 Å². The molecule has 2 aliphatic heterocycles. The molecule has 2 aliphatic rings. The van der Waals surface area contributed by atoms with Crippen LogP contribution in [-0.2, 0) is 4.79 Å². The highest BCUT2D eigenvalue weighted by molar-refractivity contribution is 6.07. The standard InChI is InChI=1S/C11H20N4O2/c1-14(2)6-7-15-9(16)11(13-10(15)17)4-3-5-12-8-11/h12H,3-8H2,1-2H3,(H,13,17). The summed E-state index contributed by atoms with van der Waals surface area (Å²) in [4.78, 5) is 27.4. The topological polar surface area (TPSA) is 64.7 Å². The number of rotatable bonds is 3. The van der Waals surface area contributed by atoms with Crippen molar-refractivity contribution < 1.29 is 9.59 Å². The van der Waals surface area contributed by atoms with Gasteiger partial charge in [0.15, 0.2) is 0 Å². The van der Waals surface area contributed by atoms with Crippen LogP contribution in [0.3, 0.4) is 0 Å². The number of nitrogens with one attached hydrogen (secondary N) is 2. The second-order valence-electron chi connectivity index (χ2n) is 5.05. The third kappa shape index (κ3) is 2.28. The summed E-state index contributed by atoms with van der Waals surface area (Å²) in [6, 6.07) is -0.249. The molecule has 0 radical (unpaired) electrons. The fourth-order valence-corrected chi connectivity index (χ4v) is 2.37. The van der Waals surface area contributed by atoms with E-state index in [4.69, 9.17) is 0 Å². The van der Waals surface area contributed by atoms with E-state index in [0.717, 1.165) is 19.4 Å². The predicted molar refractivity (Wildman–Crippen MR) is 63.6 cm³/mol. The van der Waals surface area contributed by atoms with Crippen LogP contribution in [0.5, 0.6) is 0 Å². The molecule has 0 saturated carbocycles. The number of urea groups is 1. The van der Waals surface area contributed by atoms with Crippen molar-refractivity contribution in [2.75, 3.05) is 40.3 Å². The van der Waals surface area contributed by atoms with Crippen molar-refractivity contribution in [3.05, 3.63) is 0 Å². The molecule has 2 rings (SSSR count). The molecule has 96 valence electrons. The fourth-order valence-electron chi connectivity index (χ4n) is 2.37. The number of nitrogens with zero attached hydrogens (tertiary/aromatic N) is 2. The summed E-state index contributed by atoms with van der Waals surface area (Å²) in [7, 11) is 3.85. The minimum Gasteiger partial charge on any atom is -0.322 e. The van der Waals surface area contributed by atoms with Crippen LogP contribution in [0.15, 0.2) is 0 Å². The van der Waals surface area contributed by atoms with Crippen molar-refractivity contribution >= 4 is 11.9 Å². The first-order valence-electron chi connectivity index (χ1n) is 6.05. The van der Waals surface area contributed by atoms with Crippen molar-refractivity contribution in [3.8, 4) is 0 Å². The molecule has 0 aromatic carbocycles. The van der Waals surface area contributed by atoms with Gasteiger partial charge in [-0.1, -0.05) is 0 Å². The first-order chi connectivity index (χ1) is 8.05. The smallest absolute Gasteiger partial charge is 0.322 e. The van der Waals surface area contributed by atoms with E-state index < -0.39 is 5.54 Å². The van der Waals surface area contributed by atoms with Crippen molar-refractivity contribution in [1.29, 1.82) is 0 Å². The highest BCUT2D eigenvalue weighted by atomic mass is 16.2. The van der Waals surface area contributed by atoms with Gasteiger partial charge in [0.25, 0.3) is 5.91 Å². The Morgan fingerprint density at radius 2 is 2.18 bits per heavy atom. The van der Waals surface area contributed by atoms with E-state index in [1.54, 1.807) is 0 Å². The third-order valence-electron chi connectivity index (χ3n) is 3.40. The molecular weight excluding hydrogens is 220 g/mol. The SMILES string of the molecule is CN(C)CCN1C(=O)NC2(CCCNC2)C1=O. The number of imide groups is 1. The van der Waals surface area contributed by atoms with Crippen LogP contribution < -0.4 is 10.6 Å². The Kier molecular flexibility index (Phi) is 3.35. The molecule has 17 heavy (non-hydrogen) atoms. The Bertz CT molecular complexity index is 323. The highest BCUT2D eigenvalue weighted by Gasteiger charge is 2.51. The summed E-state index contributed by atoms with van der Waals surface area (Å²) in [6.45, 7) is 2.63. The molecule has 0 aliphatic carbocycles. The molecule has 2 N–H and O–H groups in total. The number of hydrogen-bond acceptors (Lipinski definition) is 4. The monoisotopic (exact) mass is 240 g/mol. The molecule has 1 atom stereocenters. The maximum atomic E-state index is 12.3. The molecule has 0 aromatic heterocycles. The molecule has 6 nitrogen and oxygen atoms in total. The number of hydrogen-bond donors (Lipinski definition) is 2. The first kappa shape index (κ1) is 12.3. The van der Waals surface area contributed by atoms with E-state index in [0.29, 0.717) is 19.6 Å². The van der Waals surface area contributed by atoms with E-state index in [9.17, 15) is 9.59 Å². The van der Waals surface area contributed by atoms with E-state index in [2.05, 4.69) is 10.6 Å². The van der Waals surface area contributed by atoms with Crippen LogP contribution in [0.25, 0.3) is 0 Å². The maximum absolute atomic E-state index is 12.3. The lowest BCUT2D eigenvalue weighted by molar-refractivity contribution is -0.132. The predicted octanol–water partition coefficient (Wildman–Crippen LogP) is -0.778. The molecule has 2 fully saturated rings. The molecule has 2 saturated heterocycles. The zero-order chi connectivity index (χ0) is 12.5. The van der Waals surface area contributed by atoms with Crippen molar-refractivity contribution in [3.63, 3.8) is 0 Å². The quantitative estimate of drug-likeness (QED) is 0.635. The van der Waals surface area contributed by atoms with Gasteiger partial charge < -0.3 is 15.5 Å². The maximum Gasteiger partial charge on any atom is 0.325 e. The molecule has 0 aromatic rings. The van der Waals surface area contributed by atoms with Gasteiger partial charge in [0.05, 0.1) is 0 Å². The molecule has 6 heteroatoms. The number of likely N-dealkylation sites (N-methyl/N-ethyl adjacent to an activating group) is 1. The van der Waals surface area contributed by atoms with Crippen LogP contribution in [0, 0.1) is 0 Å². The zero-order valence-corrected chi connectivity index (χ0v) is 10.5. The summed E-state index contributed by atoms with van der Waals surface area (Å²) < 4.78 is 0. The Morgan fingerprint density at radius 3 is 2.76 bits per heavy atom. The van der Waals surface area contributed by atoms with Gasteiger partial charge in [-0.3, -0.25) is 9.69 Å². The summed E-state index contributed by atoms with van der Waals surface area (Å²) in [6.07, 6.45) is 1.66. The molecular formula is C11H20N4O2. The van der Waals surface area contributed by atoms with Crippen molar-refractivity contribution in [1.82, 2.24) is 20.4 Å². The van der Waals surface area contributed by atoms with E-state index in [1.165, 1.54) is 4.90 Å². The van der Waals surface area contributed by atoms with Crippen LogP contribution in [0.1, 0.15) is 12.8 Å². The van der Waals surface area contributed by atoms with Crippen LogP contribution in [0.4, 0.5) is 4.79 Å². The van der Waals surface area contributed by atoms with Gasteiger partial charge in [-0.25, -0.2) is 4.79 Å². The van der Waals surface area contributed by atoms with E-state index >= 15 is 0 Å². The van der Waals surface area contributed by atoms with Gasteiger partial charge in [-0.15, -0.1) is 0 Å². The summed E-state index contributed by atoms with van der Waals surface area (Å²) in [5.74, 6) is -0.0726. The van der Waals surface area contributed by atoms with Crippen LogP contribution in [0.2, 0.25) is 0 Å². The lowest BCUT2D eigenvalue weighted by atomic mass is 9.90. The number of amides is 3. The van der Waals surface area contributed by atoms with Gasteiger partial charge in [0.2, 0.25) is 0 Å². The molecule has 2 heterocycles. The highest BCUT2D eigenvalue weighted by Crippen LogP contribution is 2.24. The molecule has 1 unspecified atom stereocenters. The largest absolute Gasteiger partial charge is 0.325 e. The minimum atomic E-state index is -0.679. The van der Waals surface area contributed by atoms with Crippen LogP contribution >= 0.6 is 0 Å². The average molecular weight is 240 g/mol. The molecule has 1 spiro atoms. The first-order valence-corrected chi connectivity index (χ1v) is 6.05. The van der Waals surface area contributed by atoms with Crippen molar-refractivity contribution in [2.24, 2.45) is 0 Å². The Labute approximate surface area is 101 Å². The lowest BCUT2D eigenvalue weighted by Gasteiger charge is -2.31. The van der Waals surface area contributed by atoms with Gasteiger partial charge >= 0.3 is 6.03 Å². The Hall–Kier alpha value is -1.14. The van der Waals surface area contributed by atoms with Gasteiger partial charge in [0.1, 0.15) is 5.54 Å². The van der Waals surface area contributed by atoms with Gasteiger partial charge in [0, 0.05) is 19.6 Å². The summed E-state index contributed by atoms with van der Waals surface area (Å²) in [5, 5.41) is 6.03. The lowest BCUT2D eigenvalue weighted by Crippen LogP contribution is -2.57. The third-order valence-corrected chi connectivity index (χ3v) is 3.40. The number of carbonyl (C=O) groups is 2. The van der Waals surface area contributed by atoms with Crippen LogP contribution in [-0.4, -0.2) is 67.6 Å². The normalized spacial score (nSPS) is 29.2. The summed E-state index contributed by atoms with van der Waals surface area (Å²) >= 11 is 0. The number of piperidine rings is 1. The fraction of sp³-hybridized carbons (Fsp3) is 0.818. The summed E-state index contributed by atoms with van der Waals surface area (Å²) in [5.41, 5.74) is -0.679. The zero-order valence-electron chi connectivity index (χ0n) is 10.5. The minimum absolute atomic E-state index is 0.0726. The van der Waals surface area contributed by atoms with E-state index in [-0.39, 0.29) is 11.9 Å². The Morgan fingerprint density at radius 1 is 1.41 bits per heavy atom. The average Bonchev–Trinajstić information content (AvgIpc) is 2.50. The van der Waals surface area contributed by atoms with Gasteiger partial charge in [-0.05, 0) is 33.5 Å². The molecule has 3 amide bonds. The second-order valence-corrected chi connectivity index (χ2v) is 5.05. The van der Waals surface area contributed by atoms with E-state index in [1.807, 2.05) is 19.0 Å². The Balaban J connectivity index is 2.05. The van der Waals surface area contributed by atoms with Crippen molar-refractivity contribution in [2.45, 2.75) is 18.4 Å². The second kappa shape index (κ2) is 4.62. The number of carbonyl (C=O) groups excluding carboxylic acids is 2.